The lowest BCUT2D eigenvalue weighted by Crippen LogP contribution is -2.16. The van der Waals surface area contributed by atoms with E-state index in [0.717, 1.165) is 5.01 Å². The molecule has 0 aliphatic heterocycles. The standard InChI is InChI=1S/C16H19NO2S2/c1-10-7-5-6-8-11(10)20-9-12-17-14(16(2,3)4)13(21-12)15(18)19/h5-8H,9H2,1-4H3,(H,18,19). The molecule has 112 valence electrons. The zero-order valence-electron chi connectivity index (χ0n) is 12.6. The predicted molar refractivity (Wildman–Crippen MR) is 88.5 cm³/mol. The number of hydrogen-bond donors (Lipinski definition) is 1. The maximum absolute atomic E-state index is 11.4. The average Bonchev–Trinajstić information content (AvgIpc) is 2.82. The largest absolute Gasteiger partial charge is 0.477 e. The molecule has 3 nitrogen and oxygen atoms in total. The van der Waals surface area contributed by atoms with E-state index >= 15 is 0 Å². The first kappa shape index (κ1) is 16.0. The van der Waals surface area contributed by atoms with Gasteiger partial charge in [-0.15, -0.1) is 23.1 Å². The number of nitrogens with zero attached hydrogens (tertiary/aromatic N) is 1. The Balaban J connectivity index is 2.22. The van der Waals surface area contributed by atoms with E-state index in [-0.39, 0.29) is 5.41 Å². The Kier molecular flexibility index (Phi) is 4.74. The molecule has 2 rings (SSSR count). The van der Waals surface area contributed by atoms with E-state index in [9.17, 15) is 9.90 Å². The van der Waals surface area contributed by atoms with Crippen molar-refractivity contribution in [3.8, 4) is 0 Å². The van der Waals surface area contributed by atoms with Gasteiger partial charge in [-0.3, -0.25) is 0 Å². The van der Waals surface area contributed by atoms with Gasteiger partial charge in [-0.05, 0) is 18.6 Å². The molecule has 0 aliphatic rings. The summed E-state index contributed by atoms with van der Waals surface area (Å²) < 4.78 is 0. The molecule has 0 radical (unpaired) electrons. The summed E-state index contributed by atoms with van der Waals surface area (Å²) >= 11 is 2.99. The molecule has 0 saturated carbocycles. The lowest BCUT2D eigenvalue weighted by Gasteiger charge is -2.16. The summed E-state index contributed by atoms with van der Waals surface area (Å²) in [5.41, 5.74) is 1.66. The second kappa shape index (κ2) is 6.20. The molecule has 1 N–H and O–H groups in total. The number of aryl methyl sites for hydroxylation is 1. The third-order valence-electron chi connectivity index (χ3n) is 3.02. The van der Waals surface area contributed by atoms with Crippen LogP contribution in [0.3, 0.4) is 0 Å². The fourth-order valence-electron chi connectivity index (χ4n) is 1.94. The molecule has 0 fully saturated rings. The van der Waals surface area contributed by atoms with Gasteiger partial charge in [-0.2, -0.15) is 0 Å². The monoisotopic (exact) mass is 321 g/mol. The molecule has 0 bridgehead atoms. The molecule has 0 saturated heterocycles. The molecular weight excluding hydrogens is 302 g/mol. The Morgan fingerprint density at radius 2 is 2.00 bits per heavy atom. The number of carboxylic acids is 1. The van der Waals surface area contributed by atoms with Gasteiger partial charge < -0.3 is 5.11 Å². The van der Waals surface area contributed by atoms with Gasteiger partial charge in [0.25, 0.3) is 0 Å². The number of aromatic carboxylic acids is 1. The summed E-state index contributed by atoms with van der Waals surface area (Å²) in [5.74, 6) is -0.184. The molecule has 0 amide bonds. The second-order valence-corrected chi connectivity index (χ2v) is 8.00. The van der Waals surface area contributed by atoms with Crippen LogP contribution < -0.4 is 0 Å². The summed E-state index contributed by atoms with van der Waals surface area (Å²) in [6.07, 6.45) is 0. The van der Waals surface area contributed by atoms with Crippen molar-refractivity contribution >= 4 is 29.1 Å². The zero-order chi connectivity index (χ0) is 15.6. The van der Waals surface area contributed by atoms with Crippen LogP contribution in [0.1, 0.15) is 46.7 Å². The van der Waals surface area contributed by atoms with Gasteiger partial charge in [-0.25, -0.2) is 9.78 Å². The zero-order valence-corrected chi connectivity index (χ0v) is 14.3. The van der Waals surface area contributed by atoms with Gasteiger partial charge in [0.15, 0.2) is 0 Å². The number of aromatic nitrogens is 1. The van der Waals surface area contributed by atoms with Crippen molar-refractivity contribution in [3.63, 3.8) is 0 Å². The van der Waals surface area contributed by atoms with E-state index in [1.165, 1.54) is 21.8 Å². The van der Waals surface area contributed by atoms with Gasteiger partial charge >= 0.3 is 5.97 Å². The minimum Gasteiger partial charge on any atom is -0.477 e. The van der Waals surface area contributed by atoms with Crippen molar-refractivity contribution in [3.05, 3.63) is 45.4 Å². The Hall–Kier alpha value is -1.33. The molecule has 0 unspecified atom stereocenters. The van der Waals surface area contributed by atoms with Crippen LogP contribution >= 0.6 is 23.1 Å². The van der Waals surface area contributed by atoms with Gasteiger partial charge in [0.2, 0.25) is 0 Å². The summed E-state index contributed by atoms with van der Waals surface area (Å²) in [6, 6.07) is 8.19. The maximum atomic E-state index is 11.4. The molecule has 0 atom stereocenters. The molecule has 0 aliphatic carbocycles. The fraction of sp³-hybridized carbons (Fsp3) is 0.375. The van der Waals surface area contributed by atoms with Crippen LogP contribution in [0.5, 0.6) is 0 Å². The van der Waals surface area contributed by atoms with Gasteiger partial charge in [0, 0.05) is 10.3 Å². The second-order valence-electron chi connectivity index (χ2n) is 5.89. The summed E-state index contributed by atoms with van der Waals surface area (Å²) in [4.78, 5) is 17.5. The Morgan fingerprint density at radius 3 is 2.52 bits per heavy atom. The van der Waals surface area contributed by atoms with E-state index in [4.69, 9.17) is 0 Å². The van der Waals surface area contributed by atoms with Crippen LogP contribution in [-0.2, 0) is 11.2 Å². The minimum absolute atomic E-state index is 0.254. The normalized spacial score (nSPS) is 11.6. The van der Waals surface area contributed by atoms with E-state index in [0.29, 0.717) is 16.3 Å². The smallest absolute Gasteiger partial charge is 0.347 e. The van der Waals surface area contributed by atoms with Crippen LogP contribution in [0.4, 0.5) is 0 Å². The molecular formula is C16H19NO2S2. The number of rotatable bonds is 4. The van der Waals surface area contributed by atoms with Crippen LogP contribution in [-0.4, -0.2) is 16.1 Å². The Bertz CT molecular complexity index is 657. The van der Waals surface area contributed by atoms with Crippen LogP contribution in [0.25, 0.3) is 0 Å². The average molecular weight is 321 g/mol. The summed E-state index contributed by atoms with van der Waals surface area (Å²) in [7, 11) is 0. The Labute approximate surface area is 133 Å². The third kappa shape index (κ3) is 3.86. The highest BCUT2D eigenvalue weighted by Crippen LogP contribution is 2.33. The van der Waals surface area contributed by atoms with E-state index in [1.54, 1.807) is 11.8 Å². The predicted octanol–water partition coefficient (Wildman–Crippen LogP) is 4.74. The summed E-state index contributed by atoms with van der Waals surface area (Å²) in [6.45, 7) is 8.06. The highest BCUT2D eigenvalue weighted by atomic mass is 32.2. The first-order valence-corrected chi connectivity index (χ1v) is 8.51. The first-order valence-electron chi connectivity index (χ1n) is 6.71. The topological polar surface area (TPSA) is 50.2 Å². The molecule has 1 aromatic carbocycles. The van der Waals surface area contributed by atoms with Crippen LogP contribution in [0.15, 0.2) is 29.2 Å². The van der Waals surface area contributed by atoms with Crippen molar-refractivity contribution in [2.75, 3.05) is 0 Å². The van der Waals surface area contributed by atoms with Crippen molar-refractivity contribution in [2.45, 2.75) is 43.8 Å². The lowest BCUT2D eigenvalue weighted by atomic mass is 9.91. The number of benzene rings is 1. The number of thiazole rings is 1. The molecule has 21 heavy (non-hydrogen) atoms. The van der Waals surface area contributed by atoms with Crippen LogP contribution in [0, 0.1) is 6.92 Å². The fourth-order valence-corrected chi connectivity index (χ4v) is 4.07. The molecule has 5 heteroatoms. The molecule has 0 spiro atoms. The summed E-state index contributed by atoms with van der Waals surface area (Å²) in [5, 5.41) is 10.2. The molecule has 1 aromatic heterocycles. The number of hydrogen-bond acceptors (Lipinski definition) is 4. The van der Waals surface area contributed by atoms with Gasteiger partial charge in [0.1, 0.15) is 9.88 Å². The van der Waals surface area contributed by atoms with Crippen LogP contribution in [0.2, 0.25) is 0 Å². The molecule has 1 heterocycles. The Morgan fingerprint density at radius 1 is 1.33 bits per heavy atom. The highest BCUT2D eigenvalue weighted by Gasteiger charge is 2.26. The SMILES string of the molecule is Cc1ccccc1SCc1nc(C(C)(C)C)c(C(=O)O)s1. The van der Waals surface area contributed by atoms with E-state index in [1.807, 2.05) is 32.9 Å². The number of carboxylic acid groups (broad SMARTS) is 1. The van der Waals surface area contributed by atoms with Gasteiger partial charge in [0.05, 0.1) is 11.4 Å². The first-order chi connectivity index (χ1) is 9.79. The van der Waals surface area contributed by atoms with Crippen molar-refractivity contribution < 1.29 is 9.90 Å². The minimum atomic E-state index is -0.885. The number of carbonyl (C=O) groups is 1. The maximum Gasteiger partial charge on any atom is 0.347 e. The molecule has 2 aromatic rings. The van der Waals surface area contributed by atoms with Crippen molar-refractivity contribution in [2.24, 2.45) is 0 Å². The van der Waals surface area contributed by atoms with Gasteiger partial charge in [-0.1, -0.05) is 39.0 Å². The number of thioether (sulfide) groups is 1. The van der Waals surface area contributed by atoms with Crippen molar-refractivity contribution in [1.29, 1.82) is 0 Å². The van der Waals surface area contributed by atoms with E-state index < -0.39 is 5.97 Å². The van der Waals surface area contributed by atoms with Crippen molar-refractivity contribution in [1.82, 2.24) is 4.98 Å². The highest BCUT2D eigenvalue weighted by molar-refractivity contribution is 7.98. The third-order valence-corrected chi connectivity index (χ3v) is 5.43. The quantitative estimate of drug-likeness (QED) is 0.826. The van der Waals surface area contributed by atoms with E-state index in [2.05, 4.69) is 24.0 Å². The lowest BCUT2D eigenvalue weighted by molar-refractivity contribution is 0.0699.